The molecule has 0 unspecified atom stereocenters. The lowest BCUT2D eigenvalue weighted by Gasteiger charge is -2.44. The molecule has 0 aliphatic carbocycles. The van der Waals surface area contributed by atoms with Crippen LogP contribution in [-0.4, -0.2) is 33.8 Å². The number of nitrogens with one attached hydrogen (secondary N) is 1. The molecule has 24 heavy (non-hydrogen) atoms. The first-order valence-electron chi connectivity index (χ1n) is 8.54. The molecule has 2 N–H and O–H groups in total. The maximum absolute atomic E-state index is 8.93. The normalized spacial score (nSPS) is 15.9. The predicted molar refractivity (Wildman–Crippen MR) is 97.4 cm³/mol. The van der Waals surface area contributed by atoms with E-state index in [0.717, 1.165) is 24.5 Å². The molecule has 5 heteroatoms. The van der Waals surface area contributed by atoms with Gasteiger partial charge >= 0.3 is 0 Å². The van der Waals surface area contributed by atoms with Gasteiger partial charge in [0.2, 0.25) is 5.95 Å². The van der Waals surface area contributed by atoms with Crippen LogP contribution in [0.1, 0.15) is 37.1 Å². The van der Waals surface area contributed by atoms with Crippen LogP contribution < -0.4 is 10.2 Å². The summed E-state index contributed by atoms with van der Waals surface area (Å²) in [4.78, 5) is 11.5. The number of aliphatic hydroxyl groups excluding tert-OH is 1. The summed E-state index contributed by atoms with van der Waals surface area (Å²) in [5.41, 5.74) is 3.73. The molecular formula is C19H26N4O. The monoisotopic (exact) mass is 326 g/mol. The van der Waals surface area contributed by atoms with E-state index in [9.17, 15) is 0 Å². The van der Waals surface area contributed by atoms with Gasteiger partial charge in [0.05, 0.1) is 0 Å². The molecule has 0 amide bonds. The van der Waals surface area contributed by atoms with E-state index >= 15 is 0 Å². The number of benzene rings is 1. The van der Waals surface area contributed by atoms with Gasteiger partial charge in [-0.15, -0.1) is 0 Å². The second-order valence-corrected chi connectivity index (χ2v) is 7.04. The zero-order chi connectivity index (χ0) is 17.2. The van der Waals surface area contributed by atoms with Crippen LogP contribution in [0.2, 0.25) is 0 Å². The van der Waals surface area contributed by atoms with Gasteiger partial charge in [0.25, 0.3) is 0 Å². The Kier molecular flexibility index (Phi) is 4.71. The van der Waals surface area contributed by atoms with Gasteiger partial charge in [-0.2, -0.15) is 4.98 Å². The first-order chi connectivity index (χ1) is 11.5. The second kappa shape index (κ2) is 6.77. The quantitative estimate of drug-likeness (QED) is 0.827. The van der Waals surface area contributed by atoms with Crippen LogP contribution in [0, 0.1) is 6.92 Å². The molecule has 3 rings (SSSR count). The van der Waals surface area contributed by atoms with Crippen LogP contribution >= 0.6 is 0 Å². The van der Waals surface area contributed by atoms with E-state index in [4.69, 9.17) is 10.1 Å². The molecule has 0 saturated heterocycles. The second-order valence-electron chi connectivity index (χ2n) is 7.04. The van der Waals surface area contributed by atoms with Crippen molar-refractivity contribution in [1.29, 1.82) is 0 Å². The molecule has 0 saturated carbocycles. The number of rotatable bonds is 5. The van der Waals surface area contributed by atoms with Crippen molar-refractivity contribution in [3.8, 4) is 0 Å². The molecule has 1 aromatic carbocycles. The van der Waals surface area contributed by atoms with Crippen molar-refractivity contribution < 1.29 is 5.11 Å². The molecular weight excluding hydrogens is 300 g/mol. The van der Waals surface area contributed by atoms with Crippen LogP contribution in [0.15, 0.2) is 30.3 Å². The van der Waals surface area contributed by atoms with E-state index in [1.807, 2.05) is 13.0 Å². The highest BCUT2D eigenvalue weighted by Gasteiger charge is 2.33. The van der Waals surface area contributed by atoms with E-state index in [1.54, 1.807) is 0 Å². The lowest BCUT2D eigenvalue weighted by molar-refractivity contribution is 0.292. The summed E-state index contributed by atoms with van der Waals surface area (Å²) in [7, 11) is 0. The zero-order valence-electron chi connectivity index (χ0n) is 14.7. The summed E-state index contributed by atoms with van der Waals surface area (Å²) in [5.74, 6) is 1.58. The number of anilines is 2. The van der Waals surface area contributed by atoms with Gasteiger partial charge < -0.3 is 15.3 Å². The van der Waals surface area contributed by atoms with Gasteiger partial charge in [0.1, 0.15) is 5.82 Å². The fourth-order valence-electron chi connectivity index (χ4n) is 3.27. The summed E-state index contributed by atoms with van der Waals surface area (Å²) in [6.07, 6.45) is 1.69. The van der Waals surface area contributed by atoms with Crippen molar-refractivity contribution >= 4 is 11.8 Å². The minimum Gasteiger partial charge on any atom is -0.396 e. The van der Waals surface area contributed by atoms with Crippen LogP contribution in [-0.2, 0) is 13.0 Å². The van der Waals surface area contributed by atoms with Crippen molar-refractivity contribution in [3.05, 3.63) is 47.2 Å². The van der Waals surface area contributed by atoms with Crippen molar-refractivity contribution in [2.24, 2.45) is 0 Å². The highest BCUT2D eigenvalue weighted by atomic mass is 16.3. The Morgan fingerprint density at radius 2 is 1.96 bits per heavy atom. The van der Waals surface area contributed by atoms with Crippen LogP contribution in [0.5, 0.6) is 0 Å². The fraction of sp³-hybridized carbons (Fsp3) is 0.474. The molecule has 2 heterocycles. The molecule has 2 aromatic rings. The Morgan fingerprint density at radius 1 is 1.21 bits per heavy atom. The van der Waals surface area contributed by atoms with E-state index < -0.39 is 0 Å². The Hall–Kier alpha value is -2.14. The average molecular weight is 326 g/mol. The zero-order valence-corrected chi connectivity index (χ0v) is 14.7. The van der Waals surface area contributed by atoms with Gasteiger partial charge in [-0.05, 0) is 44.7 Å². The molecule has 0 fully saturated rings. The van der Waals surface area contributed by atoms with Gasteiger partial charge in [-0.25, -0.2) is 4.98 Å². The molecule has 5 nitrogen and oxygen atoms in total. The molecule has 1 aliphatic rings. The smallest absolute Gasteiger partial charge is 0.224 e. The van der Waals surface area contributed by atoms with Gasteiger partial charge in [0, 0.05) is 37.0 Å². The Balaban J connectivity index is 1.90. The van der Waals surface area contributed by atoms with Crippen molar-refractivity contribution in [2.75, 3.05) is 23.4 Å². The van der Waals surface area contributed by atoms with Gasteiger partial charge in [0.15, 0.2) is 0 Å². The van der Waals surface area contributed by atoms with Crippen molar-refractivity contribution in [2.45, 2.75) is 45.7 Å². The van der Waals surface area contributed by atoms with Gasteiger partial charge in [-0.3, -0.25) is 0 Å². The fourth-order valence-corrected chi connectivity index (χ4v) is 3.27. The summed E-state index contributed by atoms with van der Waals surface area (Å²) in [6.45, 7) is 8.22. The lowest BCUT2D eigenvalue weighted by Crippen LogP contribution is -2.49. The highest BCUT2D eigenvalue weighted by molar-refractivity contribution is 5.51. The topological polar surface area (TPSA) is 61.3 Å². The molecule has 1 aromatic heterocycles. The number of aliphatic hydroxyl groups is 1. The van der Waals surface area contributed by atoms with Crippen LogP contribution in [0.25, 0.3) is 0 Å². The molecule has 0 spiro atoms. The van der Waals surface area contributed by atoms with Crippen LogP contribution in [0.4, 0.5) is 11.8 Å². The SMILES string of the molecule is Cc1cc(N2Cc3ccccc3CC2(C)C)nc(NCCCO)n1. The van der Waals surface area contributed by atoms with E-state index in [-0.39, 0.29) is 12.1 Å². The largest absolute Gasteiger partial charge is 0.396 e. The third-order valence-corrected chi connectivity index (χ3v) is 4.54. The maximum Gasteiger partial charge on any atom is 0.224 e. The molecule has 0 bridgehead atoms. The van der Waals surface area contributed by atoms with Crippen molar-refractivity contribution in [1.82, 2.24) is 9.97 Å². The number of hydrogen-bond donors (Lipinski definition) is 2. The molecule has 1 aliphatic heterocycles. The Morgan fingerprint density at radius 3 is 2.71 bits per heavy atom. The minimum absolute atomic E-state index is 0.00247. The predicted octanol–water partition coefficient (Wildman–Crippen LogP) is 2.92. The Labute approximate surface area is 143 Å². The standard InChI is InChI=1S/C19H26N4O/c1-14-11-17(22-18(21-14)20-9-6-10-24)23-13-16-8-5-4-7-15(16)12-19(23,2)3/h4-5,7-8,11,24H,6,9-10,12-13H2,1-3H3,(H,20,21,22). The molecule has 0 radical (unpaired) electrons. The number of aryl methyl sites for hydroxylation is 1. The Bertz CT molecular complexity index is 714. The number of hydrogen-bond acceptors (Lipinski definition) is 5. The van der Waals surface area contributed by atoms with E-state index in [0.29, 0.717) is 18.9 Å². The minimum atomic E-state index is -0.00247. The van der Waals surface area contributed by atoms with Gasteiger partial charge in [-0.1, -0.05) is 24.3 Å². The average Bonchev–Trinajstić information content (AvgIpc) is 2.53. The summed E-state index contributed by atoms with van der Waals surface area (Å²) < 4.78 is 0. The highest BCUT2D eigenvalue weighted by Crippen LogP contribution is 2.34. The number of nitrogens with zero attached hydrogens (tertiary/aromatic N) is 3. The van der Waals surface area contributed by atoms with E-state index in [2.05, 4.69) is 53.3 Å². The van der Waals surface area contributed by atoms with Crippen LogP contribution in [0.3, 0.4) is 0 Å². The number of fused-ring (bicyclic) bond motifs is 1. The summed E-state index contributed by atoms with van der Waals surface area (Å²) >= 11 is 0. The lowest BCUT2D eigenvalue weighted by atomic mass is 9.85. The first kappa shape index (κ1) is 16.7. The summed E-state index contributed by atoms with van der Waals surface area (Å²) in [5, 5.41) is 12.1. The maximum atomic E-state index is 8.93. The summed E-state index contributed by atoms with van der Waals surface area (Å²) in [6, 6.07) is 10.7. The third-order valence-electron chi connectivity index (χ3n) is 4.54. The molecule has 128 valence electrons. The molecule has 0 atom stereocenters. The number of aromatic nitrogens is 2. The third kappa shape index (κ3) is 3.51. The van der Waals surface area contributed by atoms with E-state index in [1.165, 1.54) is 11.1 Å². The first-order valence-corrected chi connectivity index (χ1v) is 8.54. The van der Waals surface area contributed by atoms with Crippen molar-refractivity contribution in [3.63, 3.8) is 0 Å².